The predicted molar refractivity (Wildman–Crippen MR) is 203 cm³/mol. The van der Waals surface area contributed by atoms with Crippen molar-refractivity contribution in [1.29, 1.82) is 0 Å². The van der Waals surface area contributed by atoms with E-state index >= 15 is 0 Å². The van der Waals surface area contributed by atoms with Crippen molar-refractivity contribution in [2.45, 2.75) is 255 Å². The molecule has 0 N–H and O–H groups in total. The van der Waals surface area contributed by atoms with Gasteiger partial charge in [-0.15, -0.1) is 0 Å². The molecule has 0 aliphatic carbocycles. The van der Waals surface area contributed by atoms with Gasteiger partial charge < -0.3 is 0 Å². The lowest BCUT2D eigenvalue weighted by Gasteiger charge is -2.06. The lowest BCUT2D eigenvalue weighted by atomic mass is 10.0. The monoisotopic (exact) mass is 718 g/mol. The van der Waals surface area contributed by atoms with E-state index in [0.29, 0.717) is 4.83 Å². The molecule has 2 unspecified atom stereocenters. The predicted octanol–water partition coefficient (Wildman–Crippen LogP) is 16.6. The second-order valence-electron chi connectivity index (χ2n) is 14.0. The first-order valence-electron chi connectivity index (χ1n) is 19.9. The molecule has 0 nitrogen and oxygen atoms in total. The second-order valence-corrected chi connectivity index (χ2v) is 16.9. The molecule has 0 radical (unpaired) electrons. The zero-order chi connectivity index (χ0) is 30.6. The van der Waals surface area contributed by atoms with Crippen LogP contribution < -0.4 is 0 Å². The molecule has 0 amide bonds. The summed E-state index contributed by atoms with van der Waals surface area (Å²) >= 11 is 7.40. The molecule has 0 spiro atoms. The van der Waals surface area contributed by atoms with Gasteiger partial charge in [0.1, 0.15) is 0 Å². The van der Waals surface area contributed by atoms with E-state index in [1.54, 1.807) is 0 Å². The fourth-order valence-corrected chi connectivity index (χ4v) is 7.12. The van der Waals surface area contributed by atoms with Crippen LogP contribution in [0.4, 0.5) is 0 Å². The highest BCUT2D eigenvalue weighted by Crippen LogP contribution is 2.18. The number of halogens is 2. The molecule has 2 heteroatoms. The van der Waals surface area contributed by atoms with Crippen LogP contribution in [0.15, 0.2) is 0 Å². The quantitative estimate of drug-likeness (QED) is 0.0443. The Kier molecular flexibility index (Phi) is 39.0. The van der Waals surface area contributed by atoms with E-state index in [4.69, 9.17) is 0 Å². The summed E-state index contributed by atoms with van der Waals surface area (Å²) in [5.74, 6) is 0. The van der Waals surface area contributed by atoms with Crippen LogP contribution in [0, 0.1) is 0 Å². The molecule has 0 aromatic carbocycles. The Morgan fingerprint density at radius 2 is 0.452 bits per heavy atom. The van der Waals surface area contributed by atoms with Crippen LogP contribution in [0.5, 0.6) is 0 Å². The molecule has 42 heavy (non-hydrogen) atoms. The molecule has 0 heterocycles. The maximum atomic E-state index is 3.75. The van der Waals surface area contributed by atoms with E-state index in [0.717, 1.165) is 4.83 Å². The van der Waals surface area contributed by atoms with Crippen molar-refractivity contribution in [1.82, 2.24) is 0 Å². The molecular weight excluding hydrogens is 640 g/mol. The van der Waals surface area contributed by atoms with Gasteiger partial charge in [0.05, 0.1) is 0 Å². The summed E-state index contributed by atoms with van der Waals surface area (Å²) in [7, 11) is 0. The average Bonchev–Trinajstić information content (AvgIpc) is 2.98. The van der Waals surface area contributed by atoms with Gasteiger partial charge in [-0.05, 0) is 19.3 Å². The Morgan fingerprint density at radius 1 is 0.286 bits per heavy atom. The van der Waals surface area contributed by atoms with Gasteiger partial charge in [0.25, 0.3) is 0 Å². The third-order valence-corrected chi connectivity index (χ3v) is 11.1. The maximum Gasteiger partial charge on any atom is 0.0143 e. The Balaban J connectivity index is 3.04. The van der Waals surface area contributed by atoms with E-state index in [2.05, 4.69) is 45.7 Å². The minimum atomic E-state index is 0.708. The maximum absolute atomic E-state index is 3.75. The summed E-state index contributed by atoms with van der Waals surface area (Å²) in [6.45, 7) is 4.55. The summed E-state index contributed by atoms with van der Waals surface area (Å²) in [4.78, 5) is 1.47. The standard InChI is InChI=1S/C40H80Br2/c1-3-40(42)38-36-34-32-30-28-26-24-22-20-18-16-14-12-10-8-6-4-5-7-9-11-13-15-17-19-21-23-25-27-29-31-33-35-37-39(2)41/h39-40H,3-38H2,1-2H3. The molecule has 0 aromatic rings. The Morgan fingerprint density at radius 3 is 0.619 bits per heavy atom. The van der Waals surface area contributed by atoms with Gasteiger partial charge in [-0.2, -0.15) is 0 Å². The molecule has 0 saturated carbocycles. The van der Waals surface area contributed by atoms with E-state index in [1.807, 2.05) is 0 Å². The highest BCUT2D eigenvalue weighted by molar-refractivity contribution is 9.09. The van der Waals surface area contributed by atoms with Gasteiger partial charge in [0, 0.05) is 9.65 Å². The van der Waals surface area contributed by atoms with Crippen molar-refractivity contribution in [2.75, 3.05) is 0 Å². The van der Waals surface area contributed by atoms with Gasteiger partial charge in [-0.3, -0.25) is 0 Å². The molecule has 254 valence electrons. The average molecular weight is 721 g/mol. The Labute approximate surface area is 285 Å². The number of hydrogen-bond donors (Lipinski definition) is 0. The zero-order valence-electron chi connectivity index (χ0n) is 29.4. The van der Waals surface area contributed by atoms with Crippen molar-refractivity contribution in [3.63, 3.8) is 0 Å². The Bertz CT molecular complexity index is 463. The first-order valence-corrected chi connectivity index (χ1v) is 21.8. The molecule has 0 fully saturated rings. The molecule has 0 saturated heterocycles. The van der Waals surface area contributed by atoms with Crippen molar-refractivity contribution in [3.8, 4) is 0 Å². The minimum absolute atomic E-state index is 0.708. The van der Waals surface area contributed by atoms with Crippen molar-refractivity contribution in [2.24, 2.45) is 0 Å². The van der Waals surface area contributed by atoms with Crippen molar-refractivity contribution < 1.29 is 0 Å². The van der Waals surface area contributed by atoms with Crippen LogP contribution in [0.3, 0.4) is 0 Å². The molecule has 0 bridgehead atoms. The number of rotatable bonds is 37. The fourth-order valence-electron chi connectivity index (χ4n) is 6.48. The second kappa shape index (κ2) is 38.1. The van der Waals surface area contributed by atoms with Gasteiger partial charge >= 0.3 is 0 Å². The molecular formula is C40H80Br2. The van der Waals surface area contributed by atoms with Gasteiger partial charge in [0.15, 0.2) is 0 Å². The number of hydrogen-bond acceptors (Lipinski definition) is 0. The van der Waals surface area contributed by atoms with Crippen LogP contribution in [-0.2, 0) is 0 Å². The van der Waals surface area contributed by atoms with Crippen LogP contribution >= 0.6 is 31.9 Å². The minimum Gasteiger partial charge on any atom is -0.0894 e. The number of alkyl halides is 2. The normalized spacial score (nSPS) is 13.1. The molecule has 0 aliphatic heterocycles. The van der Waals surface area contributed by atoms with E-state index in [1.165, 1.54) is 231 Å². The summed E-state index contributed by atoms with van der Waals surface area (Å²) in [5, 5.41) is 0. The third kappa shape index (κ3) is 39.0. The van der Waals surface area contributed by atoms with Crippen molar-refractivity contribution >= 4 is 31.9 Å². The highest BCUT2D eigenvalue weighted by Gasteiger charge is 2.00. The van der Waals surface area contributed by atoms with Gasteiger partial charge in [-0.25, -0.2) is 0 Å². The van der Waals surface area contributed by atoms with E-state index < -0.39 is 0 Å². The molecule has 0 rings (SSSR count). The summed E-state index contributed by atoms with van der Waals surface area (Å²) in [5.41, 5.74) is 0. The highest BCUT2D eigenvalue weighted by atomic mass is 79.9. The van der Waals surface area contributed by atoms with Gasteiger partial charge in [-0.1, -0.05) is 258 Å². The van der Waals surface area contributed by atoms with Crippen LogP contribution in [-0.4, -0.2) is 9.65 Å². The van der Waals surface area contributed by atoms with Crippen molar-refractivity contribution in [3.05, 3.63) is 0 Å². The third-order valence-electron chi connectivity index (χ3n) is 9.56. The summed E-state index contributed by atoms with van der Waals surface area (Å²) < 4.78 is 0. The first-order chi connectivity index (χ1) is 20.7. The van der Waals surface area contributed by atoms with Gasteiger partial charge in [0.2, 0.25) is 0 Å². The molecule has 0 aromatic heterocycles. The lowest BCUT2D eigenvalue weighted by Crippen LogP contribution is -1.94. The van der Waals surface area contributed by atoms with E-state index in [-0.39, 0.29) is 0 Å². The summed E-state index contributed by atoms with van der Waals surface area (Å²) in [6, 6.07) is 0. The SMILES string of the molecule is CCC(Br)CCCCCCCCCCCCCCCCCCCCCCCCCCCCCCCCCCCC(C)Br. The Hall–Kier alpha value is 0.960. The van der Waals surface area contributed by atoms with Crippen LogP contribution in [0.2, 0.25) is 0 Å². The van der Waals surface area contributed by atoms with E-state index in [9.17, 15) is 0 Å². The lowest BCUT2D eigenvalue weighted by molar-refractivity contribution is 0.510. The first kappa shape index (κ1) is 43.0. The zero-order valence-corrected chi connectivity index (χ0v) is 32.5. The number of unbranched alkanes of at least 4 members (excludes halogenated alkanes) is 32. The van der Waals surface area contributed by atoms with Crippen LogP contribution in [0.1, 0.15) is 245 Å². The molecule has 2 atom stereocenters. The molecule has 0 aliphatic rings. The topological polar surface area (TPSA) is 0 Å². The largest absolute Gasteiger partial charge is 0.0894 e. The summed E-state index contributed by atoms with van der Waals surface area (Å²) in [6.07, 6.45) is 52.7. The smallest absolute Gasteiger partial charge is 0.0143 e. The fraction of sp³-hybridized carbons (Fsp3) is 1.00. The van der Waals surface area contributed by atoms with Crippen LogP contribution in [0.25, 0.3) is 0 Å².